The smallest absolute Gasteiger partial charge is 0.409 e. The molecule has 1 unspecified atom stereocenters. The highest BCUT2D eigenvalue weighted by atomic mass is 32.1. The average molecular weight is 254 g/mol. The molecule has 0 aliphatic carbocycles. The molecule has 17 heavy (non-hydrogen) atoms. The van der Waals surface area contributed by atoms with E-state index in [1.165, 1.54) is 12.0 Å². The van der Waals surface area contributed by atoms with E-state index in [-0.39, 0.29) is 6.09 Å². The fourth-order valence-electron chi connectivity index (χ4n) is 2.13. The van der Waals surface area contributed by atoms with Crippen molar-refractivity contribution >= 4 is 17.4 Å². The van der Waals surface area contributed by atoms with Gasteiger partial charge in [0.1, 0.15) is 0 Å². The Kier molecular flexibility index (Phi) is 4.02. The monoisotopic (exact) mass is 254 g/mol. The maximum absolute atomic E-state index is 11.4. The van der Waals surface area contributed by atoms with E-state index in [4.69, 9.17) is 4.74 Å². The summed E-state index contributed by atoms with van der Waals surface area (Å²) in [4.78, 5) is 16.9. The summed E-state index contributed by atoms with van der Waals surface area (Å²) in [5, 5.41) is 2.11. The SMILES string of the molecule is COC(=O)N1CCN(C(C)c2cccs2)CC1. The molecule has 1 aliphatic rings. The number of piperazine rings is 1. The molecule has 1 amide bonds. The van der Waals surface area contributed by atoms with E-state index in [0.29, 0.717) is 6.04 Å². The Labute approximate surface area is 106 Å². The predicted octanol–water partition coefficient (Wildman–Crippen LogP) is 2.19. The molecule has 0 aromatic carbocycles. The lowest BCUT2D eigenvalue weighted by atomic mass is 10.2. The van der Waals surface area contributed by atoms with Gasteiger partial charge < -0.3 is 9.64 Å². The molecular weight excluding hydrogens is 236 g/mol. The van der Waals surface area contributed by atoms with Crippen LogP contribution in [0.15, 0.2) is 17.5 Å². The maximum Gasteiger partial charge on any atom is 0.409 e. The lowest BCUT2D eigenvalue weighted by molar-refractivity contribution is 0.0784. The van der Waals surface area contributed by atoms with E-state index < -0.39 is 0 Å². The van der Waals surface area contributed by atoms with E-state index >= 15 is 0 Å². The second kappa shape index (κ2) is 5.51. The first-order chi connectivity index (χ1) is 8.22. The summed E-state index contributed by atoms with van der Waals surface area (Å²) in [5.74, 6) is 0. The molecule has 0 N–H and O–H groups in total. The Morgan fingerprint density at radius 3 is 2.65 bits per heavy atom. The highest BCUT2D eigenvalue weighted by Crippen LogP contribution is 2.25. The molecule has 1 atom stereocenters. The van der Waals surface area contributed by atoms with Gasteiger partial charge in [-0.2, -0.15) is 0 Å². The van der Waals surface area contributed by atoms with Crippen molar-refractivity contribution < 1.29 is 9.53 Å². The standard InChI is InChI=1S/C12H18N2O2S/c1-10(11-4-3-9-17-11)13-5-7-14(8-6-13)12(15)16-2/h3-4,9-10H,5-8H2,1-2H3. The molecule has 1 saturated heterocycles. The number of rotatable bonds is 2. The number of hydrogen-bond acceptors (Lipinski definition) is 4. The van der Waals surface area contributed by atoms with Gasteiger partial charge in [-0.1, -0.05) is 6.07 Å². The zero-order chi connectivity index (χ0) is 12.3. The van der Waals surface area contributed by atoms with E-state index in [0.717, 1.165) is 26.2 Å². The molecular formula is C12H18N2O2S. The second-order valence-corrected chi connectivity index (χ2v) is 5.16. The molecule has 1 aliphatic heterocycles. The molecule has 94 valence electrons. The van der Waals surface area contributed by atoms with Crippen LogP contribution in [0, 0.1) is 0 Å². The number of thiophene rings is 1. The van der Waals surface area contributed by atoms with Crippen molar-refractivity contribution in [3.63, 3.8) is 0 Å². The minimum Gasteiger partial charge on any atom is -0.453 e. The largest absolute Gasteiger partial charge is 0.453 e. The van der Waals surface area contributed by atoms with Crippen LogP contribution in [-0.4, -0.2) is 49.2 Å². The van der Waals surface area contributed by atoms with Crippen LogP contribution in [-0.2, 0) is 4.74 Å². The molecule has 2 heterocycles. The van der Waals surface area contributed by atoms with Crippen molar-refractivity contribution in [3.8, 4) is 0 Å². The van der Waals surface area contributed by atoms with Crippen LogP contribution in [0.2, 0.25) is 0 Å². The van der Waals surface area contributed by atoms with Gasteiger partial charge in [0.15, 0.2) is 0 Å². The molecule has 1 aromatic rings. The first-order valence-corrected chi connectivity index (χ1v) is 6.70. The number of ether oxygens (including phenoxy) is 1. The lowest BCUT2D eigenvalue weighted by Gasteiger charge is -2.37. The van der Waals surface area contributed by atoms with Crippen LogP contribution < -0.4 is 0 Å². The van der Waals surface area contributed by atoms with Crippen molar-refractivity contribution in [2.75, 3.05) is 33.3 Å². The number of carbonyl (C=O) groups is 1. The van der Waals surface area contributed by atoms with E-state index in [9.17, 15) is 4.79 Å². The summed E-state index contributed by atoms with van der Waals surface area (Å²) >= 11 is 1.79. The van der Waals surface area contributed by atoms with Crippen molar-refractivity contribution in [2.24, 2.45) is 0 Å². The van der Waals surface area contributed by atoms with Gasteiger partial charge in [0.05, 0.1) is 7.11 Å². The first kappa shape index (κ1) is 12.4. The van der Waals surface area contributed by atoms with Crippen LogP contribution in [0.5, 0.6) is 0 Å². The van der Waals surface area contributed by atoms with Crippen LogP contribution >= 0.6 is 11.3 Å². The number of nitrogens with zero attached hydrogens (tertiary/aromatic N) is 2. The van der Waals surface area contributed by atoms with Gasteiger partial charge in [0, 0.05) is 37.1 Å². The Morgan fingerprint density at radius 1 is 1.41 bits per heavy atom. The van der Waals surface area contributed by atoms with E-state index in [1.807, 2.05) is 0 Å². The van der Waals surface area contributed by atoms with Crippen LogP contribution in [0.4, 0.5) is 4.79 Å². The molecule has 0 bridgehead atoms. The zero-order valence-electron chi connectivity index (χ0n) is 10.3. The third-order valence-corrected chi connectivity index (χ3v) is 4.29. The topological polar surface area (TPSA) is 32.8 Å². The third-order valence-electron chi connectivity index (χ3n) is 3.25. The minimum absolute atomic E-state index is 0.214. The van der Waals surface area contributed by atoms with Crippen molar-refractivity contribution in [1.29, 1.82) is 0 Å². The molecule has 0 spiro atoms. The number of carbonyl (C=O) groups excluding carboxylic acids is 1. The van der Waals surface area contributed by atoms with Crippen molar-refractivity contribution in [1.82, 2.24) is 9.80 Å². The van der Waals surface area contributed by atoms with Crippen LogP contribution in [0.3, 0.4) is 0 Å². The molecule has 2 rings (SSSR count). The molecule has 0 saturated carbocycles. The molecule has 4 nitrogen and oxygen atoms in total. The number of methoxy groups -OCH3 is 1. The van der Waals surface area contributed by atoms with Crippen LogP contribution in [0.25, 0.3) is 0 Å². The Morgan fingerprint density at radius 2 is 2.12 bits per heavy atom. The second-order valence-electron chi connectivity index (χ2n) is 4.18. The third kappa shape index (κ3) is 2.79. The van der Waals surface area contributed by atoms with E-state index in [1.54, 1.807) is 16.2 Å². The summed E-state index contributed by atoms with van der Waals surface area (Å²) in [5.41, 5.74) is 0. The van der Waals surface area contributed by atoms with Gasteiger partial charge in [0.2, 0.25) is 0 Å². The molecule has 1 aromatic heterocycles. The fourth-order valence-corrected chi connectivity index (χ4v) is 2.95. The van der Waals surface area contributed by atoms with Crippen LogP contribution in [0.1, 0.15) is 17.8 Å². The van der Waals surface area contributed by atoms with Crippen molar-refractivity contribution in [3.05, 3.63) is 22.4 Å². The van der Waals surface area contributed by atoms with Gasteiger partial charge >= 0.3 is 6.09 Å². The highest BCUT2D eigenvalue weighted by molar-refractivity contribution is 7.10. The Bertz CT molecular complexity index is 359. The van der Waals surface area contributed by atoms with Gasteiger partial charge in [-0.05, 0) is 18.4 Å². The fraction of sp³-hybridized carbons (Fsp3) is 0.583. The summed E-state index contributed by atoms with van der Waals surface area (Å²) in [6.07, 6.45) is -0.214. The Hall–Kier alpha value is -1.07. The van der Waals surface area contributed by atoms with Gasteiger partial charge in [-0.15, -0.1) is 11.3 Å². The predicted molar refractivity (Wildman–Crippen MR) is 68.3 cm³/mol. The quantitative estimate of drug-likeness (QED) is 0.811. The molecule has 5 heteroatoms. The Balaban J connectivity index is 1.89. The summed E-state index contributed by atoms with van der Waals surface area (Å²) in [6.45, 7) is 5.55. The average Bonchev–Trinajstić information content (AvgIpc) is 2.91. The summed E-state index contributed by atoms with van der Waals surface area (Å²) < 4.78 is 4.73. The molecule has 1 fully saturated rings. The van der Waals surface area contributed by atoms with E-state index in [2.05, 4.69) is 29.3 Å². The number of hydrogen-bond donors (Lipinski definition) is 0. The van der Waals surface area contributed by atoms with Gasteiger partial charge in [-0.3, -0.25) is 4.90 Å². The highest BCUT2D eigenvalue weighted by Gasteiger charge is 2.25. The molecule has 0 radical (unpaired) electrons. The first-order valence-electron chi connectivity index (χ1n) is 5.82. The zero-order valence-corrected chi connectivity index (χ0v) is 11.1. The summed E-state index contributed by atoms with van der Waals surface area (Å²) in [7, 11) is 1.43. The van der Waals surface area contributed by atoms with Gasteiger partial charge in [-0.25, -0.2) is 4.79 Å². The minimum atomic E-state index is -0.214. The lowest BCUT2D eigenvalue weighted by Crippen LogP contribution is -2.49. The number of amides is 1. The summed E-state index contributed by atoms with van der Waals surface area (Å²) in [6, 6.07) is 4.69. The maximum atomic E-state index is 11.4. The van der Waals surface area contributed by atoms with Gasteiger partial charge in [0.25, 0.3) is 0 Å². The normalized spacial score (nSPS) is 19.1. The van der Waals surface area contributed by atoms with Crippen molar-refractivity contribution in [2.45, 2.75) is 13.0 Å².